The van der Waals surface area contributed by atoms with Gasteiger partial charge in [-0.1, -0.05) is 6.07 Å². The highest BCUT2D eigenvalue weighted by molar-refractivity contribution is 5.85. The molecular formula is C24H26F6N4O2. The number of alkyl halides is 5. The first-order chi connectivity index (χ1) is 16.8. The summed E-state index contributed by atoms with van der Waals surface area (Å²) in [7, 11) is 0. The smallest absolute Gasteiger partial charge is 0.418 e. The molecule has 3 atom stereocenters. The molecular weight excluding hydrogens is 490 g/mol. The molecule has 1 aliphatic heterocycles. The number of pyridine rings is 1. The predicted octanol–water partition coefficient (Wildman–Crippen LogP) is 5.51. The second-order valence-electron chi connectivity index (χ2n) is 9.48. The normalized spacial score (nSPS) is 23.1. The van der Waals surface area contributed by atoms with Crippen molar-refractivity contribution in [3.05, 3.63) is 53.2 Å². The molecule has 0 saturated carbocycles. The fourth-order valence-corrected chi connectivity index (χ4v) is 4.75. The molecule has 3 heterocycles. The van der Waals surface area contributed by atoms with E-state index in [-0.39, 0.29) is 42.1 Å². The molecule has 3 aromatic rings. The molecule has 1 aromatic carbocycles. The number of aliphatic hydroxyl groups is 1. The average molecular weight is 516 g/mol. The molecule has 0 bridgehead atoms. The van der Waals surface area contributed by atoms with Gasteiger partial charge in [0.15, 0.2) is 0 Å². The first-order valence-corrected chi connectivity index (χ1v) is 11.4. The summed E-state index contributed by atoms with van der Waals surface area (Å²) in [5, 5.41) is 17.8. The van der Waals surface area contributed by atoms with Crippen LogP contribution in [0.4, 0.5) is 26.3 Å². The summed E-state index contributed by atoms with van der Waals surface area (Å²) in [5.74, 6) is -1.23. The molecule has 1 saturated heterocycles. The third kappa shape index (κ3) is 5.15. The summed E-state index contributed by atoms with van der Waals surface area (Å²) in [6.07, 6.45) is -5.94. The van der Waals surface area contributed by atoms with Crippen LogP contribution in [0.3, 0.4) is 0 Å². The minimum absolute atomic E-state index is 0.0983. The van der Waals surface area contributed by atoms with Gasteiger partial charge in [0.05, 0.1) is 22.1 Å². The number of piperidine rings is 1. The van der Waals surface area contributed by atoms with Gasteiger partial charge in [0.25, 0.3) is 6.43 Å². The molecule has 0 spiro atoms. The van der Waals surface area contributed by atoms with Crippen LogP contribution in [0, 0.1) is 5.95 Å². The SMILES string of the molecule is CC(C)n1nc(F)c2cc(OC[C@@H]3C[C@](O)(c4ccc(C(F)F)nc4)C[C@H](C)N3)cc(C(F)(F)F)c21. The third-order valence-corrected chi connectivity index (χ3v) is 6.27. The second-order valence-corrected chi connectivity index (χ2v) is 9.48. The Morgan fingerprint density at radius 1 is 1.22 bits per heavy atom. The Hall–Kier alpha value is -2.86. The molecule has 0 unspecified atom stereocenters. The standard InChI is InChI=1S/C24H26F6N4O2/c1-12(2)34-20-17(22(27)33-34)6-16(7-18(20)24(28,29)30)36-11-15-9-23(35,8-13(3)32-15)14-4-5-19(21(25)26)31-10-14/h4-7,10,12-13,15,21,32,35H,8-9,11H2,1-3H3/t13-,15-,23-/m0/s1. The summed E-state index contributed by atoms with van der Waals surface area (Å²) in [4.78, 5) is 3.71. The van der Waals surface area contributed by atoms with Crippen molar-refractivity contribution in [3.8, 4) is 5.75 Å². The maximum atomic E-state index is 14.5. The first-order valence-electron chi connectivity index (χ1n) is 11.4. The lowest BCUT2D eigenvalue weighted by atomic mass is 9.79. The van der Waals surface area contributed by atoms with Crippen molar-refractivity contribution in [2.75, 3.05) is 6.61 Å². The topological polar surface area (TPSA) is 72.2 Å². The Morgan fingerprint density at radius 3 is 2.53 bits per heavy atom. The molecule has 2 N–H and O–H groups in total. The van der Waals surface area contributed by atoms with Crippen LogP contribution in [-0.2, 0) is 11.8 Å². The van der Waals surface area contributed by atoms with E-state index in [4.69, 9.17) is 4.74 Å². The number of halogens is 6. The number of rotatable bonds is 6. The molecule has 1 aliphatic rings. The zero-order valence-electron chi connectivity index (χ0n) is 19.8. The highest BCUT2D eigenvalue weighted by atomic mass is 19.4. The van der Waals surface area contributed by atoms with Crippen LogP contribution in [0.15, 0.2) is 30.5 Å². The van der Waals surface area contributed by atoms with E-state index in [1.165, 1.54) is 18.3 Å². The maximum Gasteiger partial charge on any atom is 0.418 e. The van der Waals surface area contributed by atoms with Crippen LogP contribution in [0.5, 0.6) is 5.75 Å². The fourth-order valence-electron chi connectivity index (χ4n) is 4.75. The summed E-state index contributed by atoms with van der Waals surface area (Å²) in [6, 6.07) is 3.31. The van der Waals surface area contributed by atoms with Crippen molar-refractivity contribution in [3.63, 3.8) is 0 Å². The number of aromatic nitrogens is 3. The summed E-state index contributed by atoms with van der Waals surface area (Å²) in [5.41, 5.74) is -2.88. The number of benzene rings is 1. The molecule has 196 valence electrons. The third-order valence-electron chi connectivity index (χ3n) is 6.27. The zero-order valence-corrected chi connectivity index (χ0v) is 19.8. The van der Waals surface area contributed by atoms with Gasteiger partial charge in [-0.15, -0.1) is 5.10 Å². The number of fused-ring (bicyclic) bond motifs is 1. The lowest BCUT2D eigenvalue weighted by Gasteiger charge is -2.41. The Balaban J connectivity index is 1.58. The van der Waals surface area contributed by atoms with Crippen molar-refractivity contribution < 1.29 is 36.2 Å². The van der Waals surface area contributed by atoms with E-state index in [9.17, 15) is 31.4 Å². The molecule has 0 aliphatic carbocycles. The minimum atomic E-state index is -4.77. The van der Waals surface area contributed by atoms with Gasteiger partial charge >= 0.3 is 6.18 Å². The average Bonchev–Trinajstić information content (AvgIpc) is 3.13. The van der Waals surface area contributed by atoms with E-state index in [0.717, 1.165) is 16.8 Å². The highest BCUT2D eigenvalue weighted by Crippen LogP contribution is 2.40. The predicted molar refractivity (Wildman–Crippen MR) is 119 cm³/mol. The van der Waals surface area contributed by atoms with Crippen molar-refractivity contribution in [1.29, 1.82) is 0 Å². The van der Waals surface area contributed by atoms with E-state index >= 15 is 0 Å². The van der Waals surface area contributed by atoms with Gasteiger partial charge in [0.1, 0.15) is 18.1 Å². The van der Waals surface area contributed by atoms with Gasteiger partial charge in [-0.05, 0) is 51.8 Å². The van der Waals surface area contributed by atoms with Crippen LogP contribution in [0.1, 0.15) is 62.9 Å². The van der Waals surface area contributed by atoms with Gasteiger partial charge in [-0.2, -0.15) is 17.6 Å². The first kappa shape index (κ1) is 26.2. The summed E-state index contributed by atoms with van der Waals surface area (Å²) >= 11 is 0. The van der Waals surface area contributed by atoms with Crippen LogP contribution < -0.4 is 10.1 Å². The Morgan fingerprint density at radius 2 is 1.94 bits per heavy atom. The molecule has 12 heteroatoms. The van der Waals surface area contributed by atoms with Crippen LogP contribution in [0.25, 0.3) is 10.9 Å². The Kier molecular flexibility index (Phi) is 6.95. The van der Waals surface area contributed by atoms with Crippen molar-refractivity contribution in [2.45, 2.75) is 69.9 Å². The molecule has 6 nitrogen and oxygen atoms in total. The monoisotopic (exact) mass is 516 g/mol. The number of nitrogens with zero attached hydrogens (tertiary/aromatic N) is 3. The fraction of sp³-hybridized carbons (Fsp3) is 0.500. The second kappa shape index (κ2) is 9.55. The summed E-state index contributed by atoms with van der Waals surface area (Å²) in [6.45, 7) is 4.88. The molecule has 2 aromatic heterocycles. The zero-order chi connectivity index (χ0) is 26.4. The van der Waals surface area contributed by atoms with E-state index in [0.29, 0.717) is 5.56 Å². The van der Waals surface area contributed by atoms with E-state index in [1.54, 1.807) is 13.8 Å². The summed E-state index contributed by atoms with van der Waals surface area (Å²) < 4.78 is 88.3. The lowest BCUT2D eigenvalue weighted by Crippen LogP contribution is -2.53. The van der Waals surface area contributed by atoms with Gasteiger partial charge in [-0.3, -0.25) is 9.67 Å². The van der Waals surface area contributed by atoms with Crippen LogP contribution >= 0.6 is 0 Å². The highest BCUT2D eigenvalue weighted by Gasteiger charge is 2.40. The molecule has 1 fully saturated rings. The van der Waals surface area contributed by atoms with Gasteiger partial charge < -0.3 is 15.2 Å². The quantitative estimate of drug-likeness (QED) is 0.423. The largest absolute Gasteiger partial charge is 0.492 e. The molecule has 0 radical (unpaired) electrons. The molecule has 36 heavy (non-hydrogen) atoms. The van der Waals surface area contributed by atoms with Crippen molar-refractivity contribution >= 4 is 10.9 Å². The van der Waals surface area contributed by atoms with Gasteiger partial charge in [0, 0.05) is 29.9 Å². The van der Waals surface area contributed by atoms with Crippen LogP contribution in [-0.4, -0.2) is 38.6 Å². The van der Waals surface area contributed by atoms with E-state index < -0.39 is 47.5 Å². The van der Waals surface area contributed by atoms with E-state index in [1.807, 2.05) is 6.92 Å². The van der Waals surface area contributed by atoms with E-state index in [2.05, 4.69) is 15.4 Å². The number of ether oxygens (including phenoxy) is 1. The number of hydrogen-bond donors (Lipinski definition) is 2. The number of hydrogen-bond acceptors (Lipinski definition) is 5. The minimum Gasteiger partial charge on any atom is -0.492 e. The molecule has 0 amide bonds. The van der Waals surface area contributed by atoms with Crippen molar-refractivity contribution in [2.24, 2.45) is 0 Å². The van der Waals surface area contributed by atoms with Gasteiger partial charge in [-0.25, -0.2) is 8.78 Å². The van der Waals surface area contributed by atoms with Crippen LogP contribution in [0.2, 0.25) is 0 Å². The molecule has 4 rings (SSSR count). The van der Waals surface area contributed by atoms with Crippen molar-refractivity contribution in [1.82, 2.24) is 20.1 Å². The Bertz CT molecular complexity index is 1230. The Labute approximate surface area is 203 Å². The van der Waals surface area contributed by atoms with Gasteiger partial charge in [0.2, 0.25) is 5.95 Å². The number of nitrogens with one attached hydrogen (secondary N) is 1. The lowest BCUT2D eigenvalue weighted by molar-refractivity contribution is -0.136. The maximum absolute atomic E-state index is 14.5.